The molecule has 6 nitrogen and oxygen atoms in total. The number of pyridine rings is 1. The lowest BCUT2D eigenvalue weighted by molar-refractivity contribution is 0.0695. The van der Waals surface area contributed by atoms with E-state index >= 15 is 0 Å². The van der Waals surface area contributed by atoms with Crippen LogP contribution < -0.4 is 10.2 Å². The molecule has 0 spiro atoms. The van der Waals surface area contributed by atoms with E-state index < -0.39 is 11.4 Å². The summed E-state index contributed by atoms with van der Waals surface area (Å²) >= 11 is 6.41. The van der Waals surface area contributed by atoms with Gasteiger partial charge in [0.1, 0.15) is 11.3 Å². The number of aryl methyl sites for hydroxylation is 1. The number of hydrogen-bond donors (Lipinski definition) is 1. The molecule has 0 aliphatic carbocycles. The van der Waals surface area contributed by atoms with Gasteiger partial charge >= 0.3 is 5.97 Å². The summed E-state index contributed by atoms with van der Waals surface area (Å²) in [5.74, 6) is -0.741. The molecule has 3 rings (SSSR count). The highest BCUT2D eigenvalue weighted by Gasteiger charge is 2.16. The zero-order valence-corrected chi connectivity index (χ0v) is 17.5. The molecule has 30 heavy (non-hydrogen) atoms. The Morgan fingerprint density at radius 1 is 1.13 bits per heavy atom. The molecule has 0 radical (unpaired) electrons. The lowest BCUT2D eigenvalue weighted by atomic mass is 10.1. The van der Waals surface area contributed by atoms with E-state index in [1.54, 1.807) is 29.9 Å². The van der Waals surface area contributed by atoms with Crippen molar-refractivity contribution in [2.75, 3.05) is 20.3 Å². The first-order valence-electron chi connectivity index (χ1n) is 9.40. The number of ether oxygens (including phenoxy) is 2. The van der Waals surface area contributed by atoms with Crippen LogP contribution in [0.3, 0.4) is 0 Å². The Balaban J connectivity index is 2.08. The van der Waals surface area contributed by atoms with E-state index in [1.807, 2.05) is 31.2 Å². The molecule has 0 unspecified atom stereocenters. The zero-order valence-electron chi connectivity index (χ0n) is 16.7. The second-order valence-corrected chi connectivity index (χ2v) is 7.15. The number of halogens is 1. The van der Waals surface area contributed by atoms with Gasteiger partial charge in [-0.05, 0) is 36.8 Å². The predicted molar refractivity (Wildman–Crippen MR) is 116 cm³/mol. The van der Waals surface area contributed by atoms with Crippen LogP contribution in [0.25, 0.3) is 16.9 Å². The molecular formula is C23H22ClNO5. The first-order valence-corrected chi connectivity index (χ1v) is 9.78. The van der Waals surface area contributed by atoms with Crippen LogP contribution in [0.5, 0.6) is 5.75 Å². The molecule has 1 aromatic heterocycles. The topological polar surface area (TPSA) is 77.8 Å². The molecule has 0 fully saturated rings. The van der Waals surface area contributed by atoms with Crippen LogP contribution in [0.1, 0.15) is 22.3 Å². The molecule has 1 N–H and O–H groups in total. The van der Waals surface area contributed by atoms with E-state index in [0.717, 1.165) is 17.7 Å². The summed E-state index contributed by atoms with van der Waals surface area (Å²) in [6, 6.07) is 14.1. The minimum Gasteiger partial charge on any atom is -0.492 e. The summed E-state index contributed by atoms with van der Waals surface area (Å²) in [6.07, 6.45) is 2.09. The number of carbonyl (C=O) groups is 1. The van der Waals surface area contributed by atoms with Crippen molar-refractivity contribution in [3.05, 3.63) is 81.1 Å². The first kappa shape index (κ1) is 21.6. The van der Waals surface area contributed by atoms with Gasteiger partial charge in [-0.2, -0.15) is 0 Å². The number of aromatic nitrogens is 1. The molecule has 2 aromatic carbocycles. The van der Waals surface area contributed by atoms with Crippen LogP contribution in [-0.4, -0.2) is 36.0 Å². The van der Waals surface area contributed by atoms with Gasteiger partial charge in [-0.3, -0.25) is 4.79 Å². The minimum atomic E-state index is -1.27. The Kier molecular flexibility index (Phi) is 6.92. The smallest absolute Gasteiger partial charge is 0.341 e. The first-order chi connectivity index (χ1) is 14.4. The summed E-state index contributed by atoms with van der Waals surface area (Å²) in [4.78, 5) is 23.9. The van der Waals surface area contributed by atoms with Gasteiger partial charge in [0.2, 0.25) is 0 Å². The van der Waals surface area contributed by atoms with Crippen LogP contribution in [0.2, 0.25) is 5.02 Å². The van der Waals surface area contributed by atoms with Gasteiger partial charge in [0.05, 0.1) is 17.3 Å². The highest BCUT2D eigenvalue weighted by molar-refractivity contribution is 6.32. The SMILES string of the molecule is COCCCOc1ccc(-c2cc(=O)c(C(=O)O)cn2-c2ccccc2C)cc1Cl. The number of hydrogen-bond acceptors (Lipinski definition) is 4. The quantitative estimate of drug-likeness (QED) is 0.532. The van der Waals surface area contributed by atoms with Crippen molar-refractivity contribution >= 4 is 17.6 Å². The van der Waals surface area contributed by atoms with E-state index in [9.17, 15) is 14.7 Å². The number of carboxylic acid groups (broad SMARTS) is 1. The van der Waals surface area contributed by atoms with Gasteiger partial charge in [-0.1, -0.05) is 29.8 Å². The Morgan fingerprint density at radius 3 is 2.57 bits per heavy atom. The Hall–Kier alpha value is -3.09. The standard InChI is InChI=1S/C23H22ClNO5/c1-15-6-3-4-7-19(15)25-14-17(23(27)28)21(26)13-20(25)16-8-9-22(18(24)12-16)30-11-5-10-29-2/h3-4,6-9,12-14H,5,10-11H2,1-2H3,(H,27,28). The molecule has 0 amide bonds. The largest absolute Gasteiger partial charge is 0.492 e. The van der Waals surface area contributed by atoms with Gasteiger partial charge in [-0.25, -0.2) is 4.79 Å². The van der Waals surface area contributed by atoms with Gasteiger partial charge in [0.25, 0.3) is 0 Å². The van der Waals surface area contributed by atoms with Crippen molar-refractivity contribution in [1.29, 1.82) is 0 Å². The second kappa shape index (κ2) is 9.61. The Morgan fingerprint density at radius 2 is 1.90 bits per heavy atom. The highest BCUT2D eigenvalue weighted by atomic mass is 35.5. The molecule has 3 aromatic rings. The maximum atomic E-state index is 12.4. The number of para-hydroxylation sites is 1. The molecule has 1 heterocycles. The second-order valence-electron chi connectivity index (χ2n) is 6.74. The van der Waals surface area contributed by atoms with Crippen molar-refractivity contribution in [1.82, 2.24) is 4.57 Å². The van der Waals surface area contributed by atoms with Gasteiger partial charge in [-0.15, -0.1) is 0 Å². The van der Waals surface area contributed by atoms with E-state index in [2.05, 4.69) is 0 Å². The van der Waals surface area contributed by atoms with E-state index in [4.69, 9.17) is 21.1 Å². The average Bonchev–Trinajstić information content (AvgIpc) is 2.72. The monoisotopic (exact) mass is 427 g/mol. The van der Waals surface area contributed by atoms with Crippen LogP contribution >= 0.6 is 11.6 Å². The van der Waals surface area contributed by atoms with Crippen molar-refractivity contribution in [3.63, 3.8) is 0 Å². The van der Waals surface area contributed by atoms with Crippen molar-refractivity contribution in [2.45, 2.75) is 13.3 Å². The van der Waals surface area contributed by atoms with Gasteiger partial charge in [0, 0.05) is 43.7 Å². The van der Waals surface area contributed by atoms with Crippen molar-refractivity contribution in [3.8, 4) is 22.7 Å². The molecule has 0 aliphatic heterocycles. The molecule has 156 valence electrons. The molecular weight excluding hydrogens is 406 g/mol. The summed E-state index contributed by atoms with van der Waals surface area (Å²) < 4.78 is 12.4. The molecule has 0 saturated carbocycles. The Bertz CT molecular complexity index is 1120. The van der Waals surface area contributed by atoms with Crippen LogP contribution in [0.4, 0.5) is 0 Å². The summed E-state index contributed by atoms with van der Waals surface area (Å²) in [6.45, 7) is 2.98. The number of nitrogens with zero attached hydrogens (tertiary/aromatic N) is 1. The average molecular weight is 428 g/mol. The maximum Gasteiger partial charge on any atom is 0.341 e. The Labute approximate surface area is 179 Å². The molecule has 0 aliphatic rings. The predicted octanol–water partition coefficient (Wildman–Crippen LogP) is 4.58. The number of rotatable bonds is 8. The van der Waals surface area contributed by atoms with Crippen molar-refractivity contribution < 1.29 is 19.4 Å². The number of methoxy groups -OCH3 is 1. The zero-order chi connectivity index (χ0) is 21.7. The third-order valence-electron chi connectivity index (χ3n) is 4.63. The summed E-state index contributed by atoms with van der Waals surface area (Å²) in [7, 11) is 1.63. The van der Waals surface area contributed by atoms with Gasteiger partial charge < -0.3 is 19.1 Å². The number of aromatic carboxylic acids is 1. The van der Waals surface area contributed by atoms with Crippen molar-refractivity contribution in [2.24, 2.45) is 0 Å². The third-order valence-corrected chi connectivity index (χ3v) is 4.93. The fourth-order valence-electron chi connectivity index (χ4n) is 3.11. The molecule has 0 saturated heterocycles. The fourth-order valence-corrected chi connectivity index (χ4v) is 3.35. The lowest BCUT2D eigenvalue weighted by Gasteiger charge is -2.17. The fraction of sp³-hybridized carbons (Fsp3) is 0.217. The maximum absolute atomic E-state index is 12.4. The summed E-state index contributed by atoms with van der Waals surface area (Å²) in [5, 5.41) is 9.81. The van der Waals surface area contributed by atoms with Crippen LogP contribution in [0.15, 0.2) is 59.5 Å². The summed E-state index contributed by atoms with van der Waals surface area (Å²) in [5.41, 5.74) is 2.03. The minimum absolute atomic E-state index is 0.300. The van der Waals surface area contributed by atoms with E-state index in [-0.39, 0.29) is 5.56 Å². The van der Waals surface area contributed by atoms with Crippen LogP contribution in [-0.2, 0) is 4.74 Å². The molecule has 0 bridgehead atoms. The number of benzene rings is 2. The number of carboxylic acids is 1. The molecule has 7 heteroatoms. The van der Waals surface area contributed by atoms with E-state index in [0.29, 0.717) is 35.2 Å². The van der Waals surface area contributed by atoms with E-state index in [1.165, 1.54) is 12.3 Å². The highest BCUT2D eigenvalue weighted by Crippen LogP contribution is 2.32. The van der Waals surface area contributed by atoms with Gasteiger partial charge in [0.15, 0.2) is 5.43 Å². The third kappa shape index (κ3) is 4.72. The van der Waals surface area contributed by atoms with Crippen LogP contribution in [0, 0.1) is 6.92 Å². The molecule has 0 atom stereocenters. The normalized spacial score (nSPS) is 10.8. The lowest BCUT2D eigenvalue weighted by Crippen LogP contribution is -2.18.